The number of carboxylic acids is 1. The second kappa shape index (κ2) is 10.0. The van der Waals surface area contributed by atoms with Crippen LogP contribution in [0.1, 0.15) is 62.8 Å². The third-order valence-electron chi connectivity index (χ3n) is 7.30. The summed E-state index contributed by atoms with van der Waals surface area (Å²) < 4.78 is 7.01. The second-order valence-corrected chi connectivity index (χ2v) is 11.4. The minimum absolute atomic E-state index is 0.126. The van der Waals surface area contributed by atoms with Crippen LogP contribution in [0.25, 0.3) is 11.6 Å². The first-order valence-electron chi connectivity index (χ1n) is 12.1. The summed E-state index contributed by atoms with van der Waals surface area (Å²) in [4.78, 5) is 13.4. The number of nitrogens with zero attached hydrogens (tertiary/aromatic N) is 2. The van der Waals surface area contributed by atoms with E-state index in [4.69, 9.17) is 9.59 Å². The van der Waals surface area contributed by atoms with Crippen LogP contribution in [0.2, 0.25) is 0 Å². The molecule has 2 N–H and O–H groups in total. The number of hydrogen-bond acceptors (Lipinski definition) is 6. The van der Waals surface area contributed by atoms with E-state index in [1.54, 1.807) is 0 Å². The van der Waals surface area contributed by atoms with Crippen molar-refractivity contribution in [3.63, 3.8) is 0 Å². The van der Waals surface area contributed by atoms with Crippen molar-refractivity contribution in [1.82, 2.24) is 4.58 Å². The largest absolute Gasteiger partial charge is 0.481 e. The first kappa shape index (κ1) is 26.4. The Balaban J connectivity index is 1.95. The molecule has 1 aliphatic heterocycles. The minimum Gasteiger partial charge on any atom is -0.481 e. The maximum Gasteiger partial charge on any atom is 0.303 e. The van der Waals surface area contributed by atoms with E-state index in [1.165, 1.54) is 27.6 Å². The molecule has 0 spiro atoms. The van der Waals surface area contributed by atoms with Crippen LogP contribution in [0.15, 0.2) is 36.4 Å². The van der Waals surface area contributed by atoms with Gasteiger partial charge in [-0.15, -0.1) is 4.33 Å². The maximum absolute atomic E-state index is 11.2. The third kappa shape index (κ3) is 4.95. The lowest BCUT2D eigenvalue weighted by atomic mass is 9.71. The van der Waals surface area contributed by atoms with Crippen LogP contribution in [-0.4, -0.2) is 48.3 Å². The number of rotatable bonds is 9. The molecule has 7 nitrogen and oxygen atoms in total. The first-order valence-corrected chi connectivity index (χ1v) is 13.0. The smallest absolute Gasteiger partial charge is 0.303 e. The number of hydrogen-bond donors (Lipinski definition) is 2. The molecule has 0 atom stereocenters. The van der Waals surface area contributed by atoms with E-state index < -0.39 is 5.97 Å². The number of carbonyl (C=O) groups is 1. The highest BCUT2D eigenvalue weighted by Crippen LogP contribution is 2.37. The van der Waals surface area contributed by atoms with Gasteiger partial charge in [0.1, 0.15) is 6.54 Å². The fourth-order valence-electron chi connectivity index (χ4n) is 5.47. The zero-order valence-electron chi connectivity index (χ0n) is 21.8. The average Bonchev–Trinajstić information content (AvgIpc) is 2.80. The molecule has 36 heavy (non-hydrogen) atoms. The maximum atomic E-state index is 11.2. The van der Waals surface area contributed by atoms with Gasteiger partial charge in [0.15, 0.2) is 5.54 Å². The third-order valence-corrected chi connectivity index (χ3v) is 7.89. The molecule has 0 saturated heterocycles. The minimum atomic E-state index is -0.784. The van der Waals surface area contributed by atoms with Crippen molar-refractivity contribution in [1.29, 1.82) is 0 Å². The summed E-state index contributed by atoms with van der Waals surface area (Å²) in [5, 5.41) is 23.9. The quantitative estimate of drug-likeness (QED) is 0.174. The summed E-state index contributed by atoms with van der Waals surface area (Å²) in [6.07, 6.45) is 5.13. The highest BCUT2D eigenvalue weighted by atomic mass is 32.2. The van der Waals surface area contributed by atoms with E-state index in [2.05, 4.69) is 98.8 Å². The lowest BCUT2D eigenvalue weighted by Gasteiger charge is -2.34. The van der Waals surface area contributed by atoms with Crippen molar-refractivity contribution in [3.8, 4) is 0 Å². The molecule has 0 unspecified atom stereocenters. The Kier molecular flexibility index (Phi) is 7.35. The fraction of sp³-hybridized carbons (Fsp3) is 0.429. The van der Waals surface area contributed by atoms with E-state index >= 15 is 0 Å². The monoisotopic (exact) mass is 511 g/mol. The van der Waals surface area contributed by atoms with Crippen molar-refractivity contribution in [3.05, 3.63) is 69.2 Å². The Hall–Kier alpha value is -2.65. The summed E-state index contributed by atoms with van der Waals surface area (Å²) in [5.41, 5.74) is 6.51. The summed E-state index contributed by atoms with van der Waals surface area (Å²) in [7, 11) is 4.11. The molecule has 2 aliphatic rings. The molecule has 1 heterocycles. The van der Waals surface area contributed by atoms with Crippen molar-refractivity contribution in [2.45, 2.75) is 51.5 Å². The molecule has 0 radical (unpaired) electrons. The van der Waals surface area contributed by atoms with Gasteiger partial charge in [-0.1, -0.05) is 25.0 Å². The molecule has 0 amide bonds. The van der Waals surface area contributed by atoms with E-state index in [0.29, 0.717) is 18.7 Å². The molecule has 2 aromatic rings. The molecular weight excluding hydrogens is 476 g/mol. The van der Waals surface area contributed by atoms with E-state index in [9.17, 15) is 9.90 Å². The van der Waals surface area contributed by atoms with Crippen molar-refractivity contribution < 1.29 is 24.5 Å². The molecule has 0 fully saturated rings. The van der Waals surface area contributed by atoms with Crippen LogP contribution in [0.4, 0.5) is 5.69 Å². The van der Waals surface area contributed by atoms with Gasteiger partial charge < -0.3 is 10.0 Å². The van der Waals surface area contributed by atoms with Gasteiger partial charge in [-0.05, 0) is 57.8 Å². The predicted octanol–water partition coefficient (Wildman–Crippen LogP) is 3.82. The van der Waals surface area contributed by atoms with Crippen LogP contribution < -0.4 is 20.1 Å². The van der Waals surface area contributed by atoms with Gasteiger partial charge in [0.25, 0.3) is 0 Å². The van der Waals surface area contributed by atoms with Gasteiger partial charge in [0.05, 0.1) is 12.0 Å². The Morgan fingerprint density at radius 3 is 2.53 bits per heavy atom. The van der Waals surface area contributed by atoms with Crippen LogP contribution in [0.5, 0.6) is 0 Å². The molecule has 1 aliphatic carbocycles. The first-order chi connectivity index (χ1) is 17.0. The van der Waals surface area contributed by atoms with E-state index in [-0.39, 0.29) is 17.4 Å². The Labute approximate surface area is 216 Å². The Morgan fingerprint density at radius 2 is 1.86 bits per heavy atom. The lowest BCUT2D eigenvalue weighted by Crippen LogP contribution is -2.51. The molecule has 0 bridgehead atoms. The summed E-state index contributed by atoms with van der Waals surface area (Å²) in [6.45, 7) is 9.45. The van der Waals surface area contributed by atoms with Gasteiger partial charge in [-0.25, -0.2) is 9.83 Å². The molecule has 0 aromatic heterocycles. The summed E-state index contributed by atoms with van der Waals surface area (Å²) >= 11 is 1.03. The number of carboxylic acid groups (broad SMARTS) is 1. The van der Waals surface area contributed by atoms with Crippen LogP contribution in [0, 0.1) is 0 Å². The SMILES string of the molecule is CN(C)c1ccc2c(c1)C(C)(C)c1cc3c(cc1=C2)C(CSOOO)=CC(C)(C)[N+]=3CCCC(=O)O. The lowest BCUT2D eigenvalue weighted by molar-refractivity contribution is -0.432. The van der Waals surface area contributed by atoms with Crippen molar-refractivity contribution >= 4 is 35.3 Å². The topological polar surface area (TPSA) is 82.2 Å². The number of benzene rings is 2. The Morgan fingerprint density at radius 1 is 1.11 bits per heavy atom. The van der Waals surface area contributed by atoms with Crippen molar-refractivity contribution in [2.75, 3.05) is 31.3 Å². The van der Waals surface area contributed by atoms with E-state index in [0.717, 1.165) is 28.5 Å². The van der Waals surface area contributed by atoms with Gasteiger partial charge in [-0.2, -0.15) is 0 Å². The highest BCUT2D eigenvalue weighted by molar-refractivity contribution is 7.95. The zero-order valence-corrected chi connectivity index (χ0v) is 22.6. The summed E-state index contributed by atoms with van der Waals surface area (Å²) in [6, 6.07) is 11.1. The highest BCUT2D eigenvalue weighted by Gasteiger charge is 2.37. The van der Waals surface area contributed by atoms with Crippen LogP contribution >= 0.6 is 12.0 Å². The average molecular weight is 512 g/mol. The number of aliphatic carboxylic acids is 1. The van der Waals surface area contributed by atoms with Crippen molar-refractivity contribution in [2.24, 2.45) is 0 Å². The van der Waals surface area contributed by atoms with Gasteiger partial charge >= 0.3 is 5.97 Å². The van der Waals surface area contributed by atoms with Crippen LogP contribution in [-0.2, 0) is 19.6 Å². The normalized spacial score (nSPS) is 16.9. The number of fused-ring (bicyclic) bond motifs is 3. The summed E-state index contributed by atoms with van der Waals surface area (Å²) in [5.74, 6) is -0.293. The second-order valence-electron chi connectivity index (χ2n) is 10.8. The van der Waals surface area contributed by atoms with Crippen LogP contribution in [0.3, 0.4) is 0 Å². The zero-order chi connectivity index (χ0) is 26.3. The fourth-order valence-corrected chi connectivity index (χ4v) is 5.92. The molecule has 192 valence electrons. The van der Waals surface area contributed by atoms with E-state index in [1.807, 2.05) is 0 Å². The number of anilines is 1. The van der Waals surface area contributed by atoms with Gasteiger partial charge in [0, 0.05) is 69.3 Å². The molecule has 8 heteroatoms. The molecular formula is C28H35N2O5S+. The molecule has 2 aromatic carbocycles. The molecule has 0 saturated carbocycles. The standard InChI is InChI=1S/C28H34N2O5S/c1-27(2)16-20(17-36-35-34-33)22-13-19-12-18-9-10-21(29(5)6)14-23(18)28(3,4)24(19)15-25(22)30(27)11-7-8-26(31)32/h9-10,12-16H,7-8,11,17H2,1-6H3,(H-,31,32,33)/p+1. The Bertz CT molecular complexity index is 1340. The van der Waals surface area contributed by atoms with Gasteiger partial charge in [0.2, 0.25) is 5.36 Å². The van der Waals surface area contributed by atoms with Gasteiger partial charge in [-0.3, -0.25) is 4.79 Å². The molecule has 4 rings (SSSR count). The predicted molar refractivity (Wildman–Crippen MR) is 144 cm³/mol.